The average molecular weight is 477 g/mol. The van der Waals surface area contributed by atoms with Crippen LogP contribution in [-0.4, -0.2) is 56.1 Å². The van der Waals surface area contributed by atoms with E-state index >= 15 is 0 Å². The molecule has 31 heavy (non-hydrogen) atoms. The molecule has 0 spiro atoms. The molecule has 1 saturated carbocycles. The summed E-state index contributed by atoms with van der Waals surface area (Å²) in [5.74, 6) is 2.62. The molecule has 2 heterocycles. The lowest BCUT2D eigenvalue weighted by atomic mass is 10.2. The molecule has 2 aromatic heterocycles. The first-order chi connectivity index (χ1) is 15.2. The van der Waals surface area contributed by atoms with Gasteiger partial charge in [-0.15, -0.1) is 32.2 Å². The summed E-state index contributed by atoms with van der Waals surface area (Å²) >= 11 is 4.51. The molecule has 1 fully saturated rings. The van der Waals surface area contributed by atoms with Gasteiger partial charge in [-0.1, -0.05) is 35.2 Å². The normalized spacial score (nSPS) is 13.5. The zero-order chi connectivity index (χ0) is 21.6. The van der Waals surface area contributed by atoms with Crippen molar-refractivity contribution < 1.29 is 9.53 Å². The van der Waals surface area contributed by atoms with Crippen LogP contribution in [0.3, 0.4) is 0 Å². The number of benzene rings is 1. The largest absolute Gasteiger partial charge is 0.384 e. The van der Waals surface area contributed by atoms with Crippen molar-refractivity contribution in [3.8, 4) is 10.6 Å². The van der Waals surface area contributed by atoms with Crippen molar-refractivity contribution in [1.29, 1.82) is 0 Å². The van der Waals surface area contributed by atoms with Crippen molar-refractivity contribution in [3.05, 3.63) is 30.1 Å². The van der Waals surface area contributed by atoms with Gasteiger partial charge in [0.15, 0.2) is 5.16 Å². The van der Waals surface area contributed by atoms with E-state index in [1.807, 2.05) is 12.1 Å². The molecule has 0 atom stereocenters. The number of methoxy groups -OCH3 is 1. The van der Waals surface area contributed by atoms with Crippen LogP contribution in [-0.2, 0) is 16.1 Å². The maximum Gasteiger partial charge on any atom is 0.236 e. The fourth-order valence-corrected chi connectivity index (χ4v) is 5.35. The van der Waals surface area contributed by atoms with E-state index < -0.39 is 0 Å². The van der Waals surface area contributed by atoms with Crippen molar-refractivity contribution in [2.75, 3.05) is 30.5 Å². The summed E-state index contributed by atoms with van der Waals surface area (Å²) in [5, 5.41) is 21.8. The van der Waals surface area contributed by atoms with Crippen LogP contribution < -0.4 is 5.32 Å². The van der Waals surface area contributed by atoms with Gasteiger partial charge in [-0.3, -0.25) is 10.1 Å². The standard InChI is InChI=1S/C20H24N6O2S3/c1-3-26-17(13-4-5-13)22-25-20(26)30-12-16(27)21-19-24-23-18(31-19)14-6-8-15(9-7-14)29-11-10-28-2/h6-9,13H,3-5,10-12H2,1-2H3,(H,21,24,27). The Bertz CT molecular complexity index is 1020. The Kier molecular flexibility index (Phi) is 7.59. The molecule has 11 heteroatoms. The molecule has 8 nitrogen and oxygen atoms in total. The lowest BCUT2D eigenvalue weighted by Gasteiger charge is -2.06. The third-order valence-corrected chi connectivity index (χ3v) is 7.50. The van der Waals surface area contributed by atoms with E-state index in [1.165, 1.54) is 40.8 Å². The van der Waals surface area contributed by atoms with Gasteiger partial charge in [0, 0.05) is 35.8 Å². The van der Waals surface area contributed by atoms with Gasteiger partial charge in [0.05, 0.1) is 12.4 Å². The third kappa shape index (κ3) is 5.85. The number of anilines is 1. The Morgan fingerprint density at radius 1 is 1.19 bits per heavy atom. The quantitative estimate of drug-likeness (QED) is 0.326. The first-order valence-corrected chi connectivity index (χ1v) is 12.9. The van der Waals surface area contributed by atoms with E-state index in [0.29, 0.717) is 11.0 Å². The molecule has 1 aromatic carbocycles. The Balaban J connectivity index is 1.30. The molecule has 0 bridgehead atoms. The molecule has 0 unspecified atom stereocenters. The van der Waals surface area contributed by atoms with Gasteiger partial charge in [-0.05, 0) is 31.9 Å². The number of nitrogens with zero attached hydrogens (tertiary/aromatic N) is 5. The zero-order valence-corrected chi connectivity index (χ0v) is 19.9. The van der Waals surface area contributed by atoms with Gasteiger partial charge in [0.1, 0.15) is 10.8 Å². The van der Waals surface area contributed by atoms with Crippen LogP contribution in [0.2, 0.25) is 0 Å². The van der Waals surface area contributed by atoms with Crippen LogP contribution >= 0.6 is 34.9 Å². The molecule has 1 aliphatic carbocycles. The molecular weight excluding hydrogens is 452 g/mol. The van der Waals surface area contributed by atoms with Gasteiger partial charge in [0.2, 0.25) is 11.0 Å². The number of aromatic nitrogens is 5. The molecule has 1 amide bonds. The highest BCUT2D eigenvalue weighted by Gasteiger charge is 2.30. The van der Waals surface area contributed by atoms with Gasteiger partial charge >= 0.3 is 0 Å². The van der Waals surface area contributed by atoms with E-state index in [2.05, 4.69) is 49.3 Å². The predicted molar refractivity (Wildman–Crippen MR) is 125 cm³/mol. The Morgan fingerprint density at radius 3 is 2.71 bits per heavy atom. The Morgan fingerprint density at radius 2 is 2.00 bits per heavy atom. The van der Waals surface area contributed by atoms with E-state index in [0.717, 1.165) is 40.5 Å². The Labute approximate surface area is 193 Å². The van der Waals surface area contributed by atoms with Crippen LogP contribution in [0, 0.1) is 0 Å². The number of carbonyl (C=O) groups is 1. The summed E-state index contributed by atoms with van der Waals surface area (Å²) in [6.45, 7) is 3.61. The molecule has 3 aromatic rings. The number of carbonyl (C=O) groups excluding carboxylic acids is 1. The summed E-state index contributed by atoms with van der Waals surface area (Å²) in [4.78, 5) is 13.6. The maximum atomic E-state index is 12.4. The zero-order valence-electron chi connectivity index (χ0n) is 17.4. The van der Waals surface area contributed by atoms with Crippen LogP contribution in [0.1, 0.15) is 31.5 Å². The molecule has 4 rings (SSSR count). The molecular formula is C20H24N6O2S3. The summed E-state index contributed by atoms with van der Waals surface area (Å²) in [5.41, 5.74) is 0.979. The second-order valence-corrected chi connectivity index (χ2v) is 10.1. The molecule has 0 saturated heterocycles. The topological polar surface area (TPSA) is 94.8 Å². The van der Waals surface area contributed by atoms with E-state index in [-0.39, 0.29) is 11.7 Å². The van der Waals surface area contributed by atoms with E-state index in [4.69, 9.17) is 4.74 Å². The highest BCUT2D eigenvalue weighted by Crippen LogP contribution is 2.40. The smallest absolute Gasteiger partial charge is 0.236 e. The second-order valence-electron chi connectivity index (χ2n) is 6.97. The summed E-state index contributed by atoms with van der Waals surface area (Å²) in [6.07, 6.45) is 2.36. The lowest BCUT2D eigenvalue weighted by molar-refractivity contribution is -0.113. The van der Waals surface area contributed by atoms with Crippen LogP contribution in [0.4, 0.5) is 5.13 Å². The van der Waals surface area contributed by atoms with Gasteiger partial charge in [-0.25, -0.2) is 0 Å². The summed E-state index contributed by atoms with van der Waals surface area (Å²) < 4.78 is 7.18. The second kappa shape index (κ2) is 10.6. The van der Waals surface area contributed by atoms with Crippen LogP contribution in [0.5, 0.6) is 0 Å². The number of hydrogen-bond acceptors (Lipinski definition) is 9. The number of rotatable bonds is 11. The van der Waals surface area contributed by atoms with Gasteiger partial charge < -0.3 is 9.30 Å². The minimum Gasteiger partial charge on any atom is -0.384 e. The SMILES string of the molecule is CCn1c(SCC(=O)Nc2nnc(-c3ccc(SCCOC)cc3)s2)nnc1C1CC1. The summed E-state index contributed by atoms with van der Waals surface area (Å²) in [6, 6.07) is 8.16. The molecule has 1 N–H and O–H groups in total. The molecule has 1 aliphatic rings. The first kappa shape index (κ1) is 22.3. The number of thioether (sulfide) groups is 2. The third-order valence-electron chi connectivity index (χ3n) is 4.67. The highest BCUT2D eigenvalue weighted by atomic mass is 32.2. The van der Waals surface area contributed by atoms with Crippen molar-refractivity contribution in [3.63, 3.8) is 0 Å². The van der Waals surface area contributed by atoms with Crippen LogP contribution in [0.15, 0.2) is 34.3 Å². The minimum atomic E-state index is -0.129. The predicted octanol–water partition coefficient (Wildman–Crippen LogP) is 4.16. The lowest BCUT2D eigenvalue weighted by Crippen LogP contribution is -2.14. The molecule has 0 aliphatic heterocycles. The van der Waals surface area contributed by atoms with E-state index in [1.54, 1.807) is 18.9 Å². The number of nitrogens with one attached hydrogen (secondary N) is 1. The van der Waals surface area contributed by atoms with Crippen molar-refractivity contribution in [2.45, 2.75) is 42.3 Å². The number of hydrogen-bond donors (Lipinski definition) is 1. The first-order valence-electron chi connectivity index (χ1n) is 10.1. The Hall–Kier alpha value is -1.95. The molecule has 0 radical (unpaired) electrons. The van der Waals surface area contributed by atoms with Gasteiger partial charge in [-0.2, -0.15) is 0 Å². The molecule has 164 valence electrons. The maximum absolute atomic E-state index is 12.4. The fraction of sp³-hybridized carbons (Fsp3) is 0.450. The average Bonchev–Trinajstić information content (AvgIpc) is 3.38. The minimum absolute atomic E-state index is 0.129. The van der Waals surface area contributed by atoms with Crippen molar-refractivity contribution in [1.82, 2.24) is 25.0 Å². The van der Waals surface area contributed by atoms with E-state index in [9.17, 15) is 4.79 Å². The van der Waals surface area contributed by atoms with Crippen molar-refractivity contribution >= 4 is 45.9 Å². The monoisotopic (exact) mass is 476 g/mol. The number of amides is 1. The van der Waals surface area contributed by atoms with Gasteiger partial charge in [0.25, 0.3) is 0 Å². The van der Waals surface area contributed by atoms with Crippen molar-refractivity contribution in [2.24, 2.45) is 0 Å². The number of ether oxygens (including phenoxy) is 1. The fourth-order valence-electron chi connectivity index (χ4n) is 2.96. The highest BCUT2D eigenvalue weighted by molar-refractivity contribution is 7.99. The summed E-state index contributed by atoms with van der Waals surface area (Å²) in [7, 11) is 1.70. The van der Waals surface area contributed by atoms with Crippen LogP contribution in [0.25, 0.3) is 10.6 Å².